The fourth-order valence-corrected chi connectivity index (χ4v) is 2.60. The lowest BCUT2D eigenvalue weighted by Gasteiger charge is -2.07. The number of hydrogen-bond acceptors (Lipinski definition) is 6. The van der Waals surface area contributed by atoms with Crippen LogP contribution in [0.4, 0.5) is 0 Å². The lowest BCUT2D eigenvalue weighted by Crippen LogP contribution is -2.12. The van der Waals surface area contributed by atoms with Crippen LogP contribution in [0.3, 0.4) is 0 Å². The van der Waals surface area contributed by atoms with Crippen LogP contribution in [0.5, 0.6) is 5.75 Å². The van der Waals surface area contributed by atoms with E-state index in [0.29, 0.717) is 5.16 Å². The minimum Gasteiger partial charge on any atom is -0.492 e. The summed E-state index contributed by atoms with van der Waals surface area (Å²) >= 11 is 1.18. The summed E-state index contributed by atoms with van der Waals surface area (Å²) in [5, 5.41) is 19.4. The molecule has 0 saturated carbocycles. The molecule has 9 heteroatoms. The van der Waals surface area contributed by atoms with E-state index in [1.54, 1.807) is 6.26 Å². The zero-order valence-electron chi connectivity index (χ0n) is 14.9. The average Bonchev–Trinajstić information content (AvgIpc) is 2.68. The van der Waals surface area contributed by atoms with Crippen molar-refractivity contribution in [2.75, 3.05) is 12.9 Å². The minimum absolute atomic E-state index is 0.0171. The van der Waals surface area contributed by atoms with Crippen molar-refractivity contribution < 1.29 is 24.5 Å². The van der Waals surface area contributed by atoms with Crippen LogP contribution >= 0.6 is 11.8 Å². The molecule has 146 valence electrons. The van der Waals surface area contributed by atoms with E-state index >= 15 is 0 Å². The van der Waals surface area contributed by atoms with Gasteiger partial charge in [-0.2, -0.15) is 0 Å². The zero-order valence-corrected chi connectivity index (χ0v) is 15.7. The number of benzene rings is 2. The molecule has 0 fully saturated rings. The molecule has 2 aromatic carbocycles. The first kappa shape index (κ1) is 21.0. The van der Waals surface area contributed by atoms with E-state index in [4.69, 9.17) is 14.9 Å². The summed E-state index contributed by atoms with van der Waals surface area (Å²) < 4.78 is 5.45. The van der Waals surface area contributed by atoms with Gasteiger partial charge in [-0.15, -0.1) is 0 Å². The summed E-state index contributed by atoms with van der Waals surface area (Å²) in [5.41, 5.74) is -0.685. The Labute approximate surface area is 164 Å². The van der Waals surface area contributed by atoms with Gasteiger partial charge < -0.3 is 19.9 Å². The third-order valence-electron chi connectivity index (χ3n) is 3.46. The summed E-state index contributed by atoms with van der Waals surface area (Å²) in [6.45, 7) is 0.198. The number of carboxylic acids is 2. The van der Waals surface area contributed by atoms with Crippen LogP contribution in [-0.4, -0.2) is 45.0 Å². The van der Waals surface area contributed by atoms with Crippen molar-refractivity contribution in [2.24, 2.45) is 0 Å². The van der Waals surface area contributed by atoms with Crippen LogP contribution in [-0.2, 0) is 4.79 Å². The molecule has 0 aliphatic carbocycles. The lowest BCUT2D eigenvalue weighted by atomic mass is 10.1. The predicted molar refractivity (Wildman–Crippen MR) is 105 cm³/mol. The van der Waals surface area contributed by atoms with E-state index in [9.17, 15) is 14.4 Å². The number of H-pyrrole nitrogens is 1. The molecule has 0 bridgehead atoms. The van der Waals surface area contributed by atoms with Crippen molar-refractivity contribution in [1.82, 2.24) is 9.97 Å². The molecule has 0 unspecified atom stereocenters. The van der Waals surface area contributed by atoms with Gasteiger partial charge in [-0.3, -0.25) is 9.59 Å². The van der Waals surface area contributed by atoms with Crippen molar-refractivity contribution >= 4 is 34.5 Å². The third-order valence-corrected chi connectivity index (χ3v) is 4.04. The fourth-order valence-electron chi connectivity index (χ4n) is 2.21. The number of ether oxygens (including phenoxy) is 1. The quantitative estimate of drug-likeness (QED) is 0.424. The highest BCUT2D eigenvalue weighted by molar-refractivity contribution is 7.98. The van der Waals surface area contributed by atoms with E-state index < -0.39 is 17.5 Å². The molecule has 3 N–H and O–H groups in total. The van der Waals surface area contributed by atoms with Crippen molar-refractivity contribution in [3.8, 4) is 5.75 Å². The van der Waals surface area contributed by atoms with Crippen LogP contribution in [0.2, 0.25) is 0 Å². The van der Waals surface area contributed by atoms with Gasteiger partial charge in [-0.1, -0.05) is 48.2 Å². The minimum atomic E-state index is -1.20. The molecule has 1 heterocycles. The number of aromatic carboxylic acids is 1. The Morgan fingerprint density at radius 2 is 1.86 bits per heavy atom. The van der Waals surface area contributed by atoms with Crippen LogP contribution < -0.4 is 10.3 Å². The van der Waals surface area contributed by atoms with Crippen molar-refractivity contribution in [3.05, 3.63) is 64.6 Å². The van der Waals surface area contributed by atoms with Gasteiger partial charge in [0.2, 0.25) is 0 Å². The largest absolute Gasteiger partial charge is 0.492 e. The number of carboxylic acid groups (broad SMARTS) is 2. The SMILES string of the molecule is CSc1nc(C(=O)O)cc(=O)[nH]1.O=C(O)CCOc1cccc2ccccc12. The molecule has 3 rings (SSSR count). The molecule has 3 aromatic rings. The maximum absolute atomic E-state index is 10.8. The van der Waals surface area contributed by atoms with Crippen molar-refractivity contribution in [3.63, 3.8) is 0 Å². The van der Waals surface area contributed by atoms with E-state index in [1.165, 1.54) is 11.8 Å². The van der Waals surface area contributed by atoms with Crippen LogP contribution in [0.15, 0.2) is 58.5 Å². The highest BCUT2D eigenvalue weighted by atomic mass is 32.2. The molecule has 0 aliphatic rings. The molecule has 0 amide bonds. The van der Waals surface area contributed by atoms with Gasteiger partial charge in [-0.25, -0.2) is 9.78 Å². The lowest BCUT2D eigenvalue weighted by molar-refractivity contribution is -0.137. The number of thioether (sulfide) groups is 1. The molecule has 0 spiro atoms. The number of fused-ring (bicyclic) bond motifs is 1. The Hall–Kier alpha value is -3.33. The van der Waals surface area contributed by atoms with Crippen molar-refractivity contribution in [1.29, 1.82) is 0 Å². The van der Waals surface area contributed by atoms with E-state index in [1.807, 2.05) is 42.5 Å². The molecule has 0 atom stereocenters. The molecule has 0 saturated heterocycles. The number of rotatable bonds is 6. The number of nitrogens with zero attached hydrogens (tertiary/aromatic N) is 1. The Balaban J connectivity index is 0.000000209. The number of carbonyl (C=O) groups is 2. The van der Waals surface area contributed by atoms with Gasteiger partial charge >= 0.3 is 11.9 Å². The standard InChI is InChI=1S/C13H12O3.C6H6N2O3S/c14-13(15)8-9-16-12-7-3-5-10-4-1-2-6-11(10)12;1-12-6-7-3(5(10)11)2-4(9)8-6/h1-7H,8-9H2,(H,14,15);2H,1H3,(H,10,11)(H,7,8,9). The van der Waals surface area contributed by atoms with Crippen LogP contribution in [0.25, 0.3) is 10.8 Å². The first-order valence-corrected chi connectivity index (χ1v) is 9.34. The third kappa shape index (κ3) is 6.13. The fraction of sp³-hybridized carbons (Fsp3) is 0.158. The van der Waals surface area contributed by atoms with E-state index in [-0.39, 0.29) is 18.7 Å². The smallest absolute Gasteiger partial charge is 0.354 e. The zero-order chi connectivity index (χ0) is 20.5. The van der Waals surface area contributed by atoms with Gasteiger partial charge in [0.05, 0.1) is 13.0 Å². The summed E-state index contributed by atoms with van der Waals surface area (Å²) in [4.78, 5) is 37.6. The summed E-state index contributed by atoms with van der Waals surface area (Å²) in [6.07, 6.45) is 1.72. The normalized spacial score (nSPS) is 10.0. The Morgan fingerprint density at radius 1 is 1.14 bits per heavy atom. The second-order valence-electron chi connectivity index (χ2n) is 5.41. The highest BCUT2D eigenvalue weighted by Gasteiger charge is 2.06. The molecule has 0 radical (unpaired) electrons. The number of aliphatic carboxylic acids is 1. The van der Waals surface area contributed by atoms with E-state index in [2.05, 4.69) is 9.97 Å². The monoisotopic (exact) mass is 402 g/mol. The molecular formula is C19H18N2O6S. The molecule has 28 heavy (non-hydrogen) atoms. The Kier molecular flexibility index (Phi) is 7.58. The summed E-state index contributed by atoms with van der Waals surface area (Å²) in [5.74, 6) is -1.31. The summed E-state index contributed by atoms with van der Waals surface area (Å²) in [7, 11) is 0. The first-order chi connectivity index (χ1) is 13.4. The number of hydrogen-bond donors (Lipinski definition) is 3. The molecule has 0 aliphatic heterocycles. The van der Waals surface area contributed by atoms with Gasteiger partial charge in [0, 0.05) is 11.5 Å². The first-order valence-electron chi connectivity index (χ1n) is 8.11. The number of aromatic nitrogens is 2. The summed E-state index contributed by atoms with van der Waals surface area (Å²) in [6, 6.07) is 14.6. The van der Waals surface area contributed by atoms with Gasteiger partial charge in [0.15, 0.2) is 10.9 Å². The van der Waals surface area contributed by atoms with Crippen LogP contribution in [0, 0.1) is 0 Å². The van der Waals surface area contributed by atoms with Gasteiger partial charge in [0.1, 0.15) is 5.75 Å². The second-order valence-corrected chi connectivity index (χ2v) is 6.21. The van der Waals surface area contributed by atoms with E-state index in [0.717, 1.165) is 22.6 Å². The van der Waals surface area contributed by atoms with Crippen LogP contribution in [0.1, 0.15) is 16.9 Å². The molecular weight excluding hydrogens is 384 g/mol. The maximum atomic E-state index is 10.8. The Bertz CT molecular complexity index is 1030. The average molecular weight is 402 g/mol. The predicted octanol–water partition coefficient (Wildman–Crippen LogP) is 2.88. The Morgan fingerprint density at radius 3 is 2.54 bits per heavy atom. The molecule has 1 aromatic heterocycles. The maximum Gasteiger partial charge on any atom is 0.354 e. The van der Waals surface area contributed by atoms with Gasteiger partial charge in [0.25, 0.3) is 5.56 Å². The van der Waals surface area contributed by atoms with Gasteiger partial charge in [-0.05, 0) is 17.7 Å². The van der Waals surface area contributed by atoms with Crippen molar-refractivity contribution in [2.45, 2.75) is 11.6 Å². The number of aromatic amines is 1. The highest BCUT2D eigenvalue weighted by Crippen LogP contribution is 2.25. The topological polar surface area (TPSA) is 130 Å². The second kappa shape index (κ2) is 10.1. The molecule has 8 nitrogen and oxygen atoms in total. The number of nitrogens with one attached hydrogen (secondary N) is 1.